The molecule has 0 fully saturated rings. The Hall–Kier alpha value is -3.19. The molecule has 0 bridgehead atoms. The van der Waals surface area contributed by atoms with Crippen LogP contribution in [0.4, 0.5) is 4.39 Å². The lowest BCUT2D eigenvalue weighted by molar-refractivity contribution is 0.0318. The number of hydrogen-bond donors (Lipinski definition) is 0. The molecule has 0 spiro atoms. The van der Waals surface area contributed by atoms with Crippen LogP contribution >= 0.6 is 11.6 Å². The minimum atomic E-state index is -1.03. The summed E-state index contributed by atoms with van der Waals surface area (Å²) in [7, 11) is 1.53. The van der Waals surface area contributed by atoms with Gasteiger partial charge in [-0.3, -0.25) is 4.79 Å². The van der Waals surface area contributed by atoms with E-state index in [1.54, 1.807) is 31.2 Å². The van der Waals surface area contributed by atoms with Crippen LogP contribution in [0, 0.1) is 12.7 Å². The van der Waals surface area contributed by atoms with E-state index in [-0.39, 0.29) is 16.5 Å². The van der Waals surface area contributed by atoms with Gasteiger partial charge in [0, 0.05) is 5.56 Å². The molecule has 150 valence electrons. The zero-order chi connectivity index (χ0) is 21.1. The van der Waals surface area contributed by atoms with Crippen LogP contribution in [-0.4, -0.2) is 34.7 Å². The summed E-state index contributed by atoms with van der Waals surface area (Å²) in [6.45, 7) is 3.08. The van der Waals surface area contributed by atoms with Crippen molar-refractivity contribution in [3.63, 3.8) is 0 Å². The highest BCUT2D eigenvalue weighted by atomic mass is 35.5. The predicted octanol–water partition coefficient (Wildman–Crippen LogP) is 4.41. The van der Waals surface area contributed by atoms with Crippen molar-refractivity contribution in [1.29, 1.82) is 0 Å². The topological polar surface area (TPSA) is 70.4 Å². The van der Waals surface area contributed by atoms with Gasteiger partial charge in [0.15, 0.2) is 6.10 Å². The largest absolute Gasteiger partial charge is 0.497 e. The SMILES string of the molecule is COc1ccc(C(=O)[C@H](C)OC(=O)c2c(C)nn(-c3ccc(F)cc3)c2Cl)cc1. The lowest BCUT2D eigenvalue weighted by atomic mass is 10.1. The van der Waals surface area contributed by atoms with Crippen molar-refractivity contribution in [2.45, 2.75) is 20.0 Å². The highest BCUT2D eigenvalue weighted by molar-refractivity contribution is 6.33. The van der Waals surface area contributed by atoms with Crippen molar-refractivity contribution in [2.24, 2.45) is 0 Å². The Morgan fingerprint density at radius 3 is 2.31 bits per heavy atom. The number of rotatable bonds is 6. The Morgan fingerprint density at radius 1 is 1.10 bits per heavy atom. The second-order valence-electron chi connectivity index (χ2n) is 6.28. The lowest BCUT2D eigenvalue weighted by Crippen LogP contribution is -2.24. The molecule has 0 N–H and O–H groups in total. The standard InChI is InChI=1S/C21H18ClFN2O4/c1-12-18(20(22)25(24-12)16-8-6-15(23)7-9-16)21(27)29-13(2)19(26)14-4-10-17(28-3)11-5-14/h4-11,13H,1-3H3/t13-/m0/s1. The van der Waals surface area contributed by atoms with Crippen LogP contribution in [0.3, 0.4) is 0 Å². The van der Waals surface area contributed by atoms with Gasteiger partial charge in [0.1, 0.15) is 22.3 Å². The highest BCUT2D eigenvalue weighted by Gasteiger charge is 2.26. The number of nitrogens with zero attached hydrogens (tertiary/aromatic N) is 2. The number of methoxy groups -OCH3 is 1. The third-order valence-electron chi connectivity index (χ3n) is 4.31. The Morgan fingerprint density at radius 2 is 1.72 bits per heavy atom. The number of Topliss-reactive ketones (excluding diaryl/α,β-unsaturated/α-hetero) is 1. The third-order valence-corrected chi connectivity index (χ3v) is 4.66. The number of benzene rings is 2. The zero-order valence-electron chi connectivity index (χ0n) is 16.0. The molecule has 1 heterocycles. The Bertz CT molecular complexity index is 1050. The summed E-state index contributed by atoms with van der Waals surface area (Å²) in [6.07, 6.45) is -1.03. The van der Waals surface area contributed by atoms with Gasteiger partial charge in [-0.15, -0.1) is 0 Å². The maximum Gasteiger partial charge on any atom is 0.343 e. The van der Waals surface area contributed by atoms with E-state index in [0.717, 1.165) is 0 Å². The Labute approximate surface area is 171 Å². The molecule has 0 radical (unpaired) electrons. The van der Waals surface area contributed by atoms with Crippen molar-refractivity contribution in [3.8, 4) is 11.4 Å². The third kappa shape index (κ3) is 4.30. The van der Waals surface area contributed by atoms with E-state index >= 15 is 0 Å². The Balaban J connectivity index is 1.79. The summed E-state index contributed by atoms with van der Waals surface area (Å²) >= 11 is 6.32. The molecule has 0 aliphatic rings. The number of ketones is 1. The van der Waals surface area contributed by atoms with Crippen LogP contribution in [0.1, 0.15) is 33.3 Å². The molecule has 0 aliphatic carbocycles. The summed E-state index contributed by atoms with van der Waals surface area (Å²) in [5, 5.41) is 4.24. The van der Waals surface area contributed by atoms with Gasteiger partial charge in [0.05, 0.1) is 18.5 Å². The van der Waals surface area contributed by atoms with E-state index in [2.05, 4.69) is 5.10 Å². The highest BCUT2D eigenvalue weighted by Crippen LogP contribution is 2.25. The van der Waals surface area contributed by atoms with Crippen molar-refractivity contribution >= 4 is 23.4 Å². The summed E-state index contributed by atoms with van der Waals surface area (Å²) in [4.78, 5) is 25.2. The van der Waals surface area contributed by atoms with E-state index in [0.29, 0.717) is 22.7 Å². The predicted molar refractivity (Wildman–Crippen MR) is 105 cm³/mol. The summed E-state index contributed by atoms with van der Waals surface area (Å²) in [6, 6.07) is 12.0. The fourth-order valence-corrected chi connectivity index (χ4v) is 3.10. The molecule has 8 heteroatoms. The van der Waals surface area contributed by atoms with Gasteiger partial charge >= 0.3 is 5.97 Å². The molecule has 0 aliphatic heterocycles. The van der Waals surface area contributed by atoms with Crippen LogP contribution < -0.4 is 4.74 Å². The minimum absolute atomic E-state index is 0.0169. The van der Waals surface area contributed by atoms with Gasteiger partial charge in [-0.05, 0) is 62.4 Å². The molecule has 0 amide bonds. The number of aromatic nitrogens is 2. The molecule has 1 aromatic heterocycles. The normalized spacial score (nSPS) is 11.8. The molecule has 3 rings (SSSR count). The smallest absolute Gasteiger partial charge is 0.343 e. The maximum absolute atomic E-state index is 13.1. The molecular weight excluding hydrogens is 399 g/mol. The number of hydrogen-bond acceptors (Lipinski definition) is 5. The molecule has 1 atom stereocenters. The fourth-order valence-electron chi connectivity index (χ4n) is 2.75. The summed E-state index contributed by atoms with van der Waals surface area (Å²) in [5.41, 5.74) is 1.25. The van der Waals surface area contributed by atoms with Crippen LogP contribution in [-0.2, 0) is 4.74 Å². The van der Waals surface area contributed by atoms with Crippen LogP contribution in [0.5, 0.6) is 5.75 Å². The number of esters is 1. The zero-order valence-corrected chi connectivity index (χ0v) is 16.7. The Kier molecular flexibility index (Phi) is 5.98. The first kappa shape index (κ1) is 20.5. The number of ether oxygens (including phenoxy) is 2. The molecule has 2 aromatic carbocycles. The molecule has 3 aromatic rings. The van der Waals surface area contributed by atoms with Crippen LogP contribution in [0.2, 0.25) is 5.15 Å². The van der Waals surface area contributed by atoms with E-state index in [1.807, 2.05) is 0 Å². The minimum Gasteiger partial charge on any atom is -0.497 e. The first-order chi connectivity index (χ1) is 13.8. The first-order valence-electron chi connectivity index (χ1n) is 8.72. The number of carbonyl (C=O) groups is 2. The van der Waals surface area contributed by atoms with E-state index in [4.69, 9.17) is 21.1 Å². The van der Waals surface area contributed by atoms with E-state index in [1.165, 1.54) is 43.0 Å². The second kappa shape index (κ2) is 8.45. The van der Waals surface area contributed by atoms with Gasteiger partial charge in [-0.25, -0.2) is 13.9 Å². The number of halogens is 2. The van der Waals surface area contributed by atoms with Gasteiger partial charge in [0.25, 0.3) is 0 Å². The van der Waals surface area contributed by atoms with Crippen molar-refractivity contribution in [1.82, 2.24) is 9.78 Å². The molecule has 0 saturated carbocycles. The van der Waals surface area contributed by atoms with Gasteiger partial charge < -0.3 is 9.47 Å². The van der Waals surface area contributed by atoms with Gasteiger partial charge in [-0.1, -0.05) is 11.6 Å². The molecule has 6 nitrogen and oxygen atoms in total. The summed E-state index contributed by atoms with van der Waals surface area (Å²) in [5.74, 6) is -0.919. The van der Waals surface area contributed by atoms with Crippen LogP contribution in [0.15, 0.2) is 48.5 Å². The summed E-state index contributed by atoms with van der Waals surface area (Å²) < 4.78 is 24.8. The molecular formula is C21H18ClFN2O4. The maximum atomic E-state index is 13.1. The van der Waals surface area contributed by atoms with Crippen LogP contribution in [0.25, 0.3) is 5.69 Å². The number of carbonyl (C=O) groups excluding carboxylic acids is 2. The molecule has 29 heavy (non-hydrogen) atoms. The second-order valence-corrected chi connectivity index (χ2v) is 6.64. The lowest BCUT2D eigenvalue weighted by Gasteiger charge is -2.12. The number of aryl methyl sites for hydroxylation is 1. The average Bonchev–Trinajstić information content (AvgIpc) is 3.02. The van der Waals surface area contributed by atoms with E-state index in [9.17, 15) is 14.0 Å². The quantitative estimate of drug-likeness (QED) is 0.439. The molecule has 0 unspecified atom stereocenters. The monoisotopic (exact) mass is 416 g/mol. The molecule has 0 saturated heterocycles. The van der Waals surface area contributed by atoms with E-state index < -0.39 is 17.9 Å². The van der Waals surface area contributed by atoms with Crippen molar-refractivity contribution in [2.75, 3.05) is 7.11 Å². The van der Waals surface area contributed by atoms with Gasteiger partial charge in [0.2, 0.25) is 5.78 Å². The fraction of sp³-hybridized carbons (Fsp3) is 0.190. The van der Waals surface area contributed by atoms with Gasteiger partial charge in [-0.2, -0.15) is 5.10 Å². The average molecular weight is 417 g/mol. The first-order valence-corrected chi connectivity index (χ1v) is 9.10. The van der Waals surface area contributed by atoms with Crippen molar-refractivity contribution < 1.29 is 23.5 Å². The van der Waals surface area contributed by atoms with Crippen molar-refractivity contribution in [3.05, 3.63) is 76.3 Å².